The van der Waals surface area contributed by atoms with Gasteiger partial charge in [0.2, 0.25) is 0 Å². The van der Waals surface area contributed by atoms with Crippen LogP contribution in [0, 0.1) is 0 Å². The fourth-order valence-corrected chi connectivity index (χ4v) is 1.32. The molecule has 2 bridgehead atoms. The van der Waals surface area contributed by atoms with Crippen molar-refractivity contribution in [3.05, 3.63) is 12.2 Å². The molecule has 1 unspecified atom stereocenters. The monoisotopic (exact) mass is 170 g/mol. The molecule has 4 nitrogen and oxygen atoms in total. The van der Waals surface area contributed by atoms with Crippen molar-refractivity contribution in [2.75, 3.05) is 6.61 Å². The van der Waals surface area contributed by atoms with Gasteiger partial charge in [0.05, 0.1) is 6.61 Å². The van der Waals surface area contributed by atoms with Gasteiger partial charge in [0.1, 0.15) is 6.10 Å². The highest BCUT2D eigenvalue weighted by molar-refractivity contribution is 5.66. The molecule has 2 rings (SSSR count). The van der Waals surface area contributed by atoms with E-state index in [1.807, 2.05) is 12.2 Å². The third kappa shape index (κ3) is 1.35. The first-order valence-electron chi connectivity index (χ1n) is 3.88. The van der Waals surface area contributed by atoms with Crippen LogP contribution in [0.25, 0.3) is 0 Å². The molecule has 0 saturated carbocycles. The van der Waals surface area contributed by atoms with Crippen LogP contribution in [0.15, 0.2) is 12.2 Å². The average molecular weight is 170 g/mol. The molecule has 0 radical (unpaired) electrons. The van der Waals surface area contributed by atoms with Crippen molar-refractivity contribution >= 4 is 5.97 Å². The van der Waals surface area contributed by atoms with Gasteiger partial charge in [-0.15, -0.1) is 0 Å². The molecule has 1 saturated heterocycles. The third-order valence-corrected chi connectivity index (χ3v) is 1.82. The lowest BCUT2D eigenvalue weighted by molar-refractivity contribution is -0.167. The van der Waals surface area contributed by atoms with Crippen molar-refractivity contribution in [2.24, 2.45) is 0 Å². The van der Waals surface area contributed by atoms with Gasteiger partial charge in [0.25, 0.3) is 0 Å². The largest absolute Gasteiger partial charge is 0.453 e. The summed E-state index contributed by atoms with van der Waals surface area (Å²) in [5.74, 6) is -0.317. The quantitative estimate of drug-likeness (QED) is 0.417. The van der Waals surface area contributed by atoms with Gasteiger partial charge in [-0.2, -0.15) is 0 Å². The van der Waals surface area contributed by atoms with Crippen molar-refractivity contribution in [3.63, 3.8) is 0 Å². The second-order valence-electron chi connectivity index (χ2n) is 2.84. The number of fused-ring (bicyclic) bond motifs is 2. The van der Waals surface area contributed by atoms with Crippen LogP contribution in [0.4, 0.5) is 0 Å². The van der Waals surface area contributed by atoms with Gasteiger partial charge in [-0.05, 0) is 6.08 Å². The van der Waals surface area contributed by atoms with Crippen LogP contribution in [-0.4, -0.2) is 31.1 Å². The lowest BCUT2D eigenvalue weighted by atomic mass is 10.2. The van der Waals surface area contributed by atoms with E-state index in [1.54, 1.807) is 0 Å². The van der Waals surface area contributed by atoms with Gasteiger partial charge in [0, 0.05) is 6.92 Å². The van der Waals surface area contributed by atoms with Crippen molar-refractivity contribution in [1.29, 1.82) is 0 Å². The van der Waals surface area contributed by atoms with Crippen molar-refractivity contribution in [2.45, 2.75) is 25.4 Å². The van der Waals surface area contributed by atoms with Crippen LogP contribution in [0.1, 0.15) is 6.92 Å². The van der Waals surface area contributed by atoms with Crippen LogP contribution in [0.5, 0.6) is 0 Å². The summed E-state index contributed by atoms with van der Waals surface area (Å²) in [7, 11) is 0. The van der Waals surface area contributed by atoms with E-state index in [2.05, 4.69) is 0 Å². The smallest absolute Gasteiger partial charge is 0.303 e. The summed E-state index contributed by atoms with van der Waals surface area (Å²) in [6.45, 7) is 1.92. The molecule has 2 aliphatic rings. The molecular formula is C8H10O4. The van der Waals surface area contributed by atoms with Crippen LogP contribution in [0.2, 0.25) is 0 Å². The molecule has 3 atom stereocenters. The van der Waals surface area contributed by atoms with E-state index in [1.165, 1.54) is 6.92 Å². The summed E-state index contributed by atoms with van der Waals surface area (Å²) < 4.78 is 15.5. The second kappa shape index (κ2) is 2.88. The Balaban J connectivity index is 2.02. The van der Waals surface area contributed by atoms with Crippen LogP contribution >= 0.6 is 0 Å². The Morgan fingerprint density at radius 3 is 3.17 bits per heavy atom. The number of hydrogen-bond acceptors (Lipinski definition) is 4. The number of hydrogen-bond donors (Lipinski definition) is 0. The molecule has 0 aromatic carbocycles. The van der Waals surface area contributed by atoms with E-state index in [4.69, 9.17) is 14.2 Å². The first-order valence-corrected chi connectivity index (χ1v) is 3.88. The maximum atomic E-state index is 10.6. The molecule has 0 aromatic heterocycles. The van der Waals surface area contributed by atoms with E-state index >= 15 is 0 Å². The molecule has 0 aromatic rings. The predicted molar refractivity (Wildman–Crippen MR) is 39.3 cm³/mol. The maximum absolute atomic E-state index is 10.6. The fraction of sp³-hybridized carbons (Fsp3) is 0.625. The first-order chi connectivity index (χ1) is 5.75. The number of esters is 1. The summed E-state index contributed by atoms with van der Waals surface area (Å²) in [4.78, 5) is 10.6. The topological polar surface area (TPSA) is 44.8 Å². The van der Waals surface area contributed by atoms with Gasteiger partial charge < -0.3 is 14.2 Å². The first kappa shape index (κ1) is 7.76. The lowest BCUT2D eigenvalue weighted by Crippen LogP contribution is -2.32. The van der Waals surface area contributed by atoms with Crippen LogP contribution < -0.4 is 0 Å². The SMILES string of the molecule is CC(=O)OC1C=C[C@H]2CO[C@@H]1O2. The predicted octanol–water partition coefficient (Wildman–Crippen LogP) is 0.229. The van der Waals surface area contributed by atoms with E-state index < -0.39 is 6.29 Å². The summed E-state index contributed by atoms with van der Waals surface area (Å²) in [5, 5.41) is 0. The van der Waals surface area contributed by atoms with E-state index in [9.17, 15) is 4.79 Å². The molecule has 2 heterocycles. The number of carbonyl (C=O) groups excluding carboxylic acids is 1. The zero-order valence-corrected chi connectivity index (χ0v) is 6.73. The number of rotatable bonds is 1. The zero-order valence-electron chi connectivity index (χ0n) is 6.73. The molecule has 0 amide bonds. The van der Waals surface area contributed by atoms with Gasteiger partial charge in [-0.25, -0.2) is 0 Å². The summed E-state index contributed by atoms with van der Waals surface area (Å²) in [5.41, 5.74) is 0. The average Bonchev–Trinajstić information content (AvgIpc) is 2.39. The highest BCUT2D eigenvalue weighted by atomic mass is 16.7. The zero-order chi connectivity index (χ0) is 8.55. The van der Waals surface area contributed by atoms with E-state index in [-0.39, 0.29) is 18.2 Å². The molecule has 66 valence electrons. The Morgan fingerprint density at radius 2 is 2.42 bits per heavy atom. The fourth-order valence-electron chi connectivity index (χ4n) is 1.32. The molecule has 2 aliphatic heterocycles. The molecular weight excluding hydrogens is 160 g/mol. The van der Waals surface area contributed by atoms with Gasteiger partial charge in [-0.1, -0.05) is 6.08 Å². The van der Waals surface area contributed by atoms with E-state index in [0.717, 1.165) is 0 Å². The third-order valence-electron chi connectivity index (χ3n) is 1.82. The number of ether oxygens (including phenoxy) is 3. The second-order valence-corrected chi connectivity index (χ2v) is 2.84. The molecule has 0 aliphatic carbocycles. The molecule has 1 fully saturated rings. The lowest BCUT2D eigenvalue weighted by Gasteiger charge is -2.21. The van der Waals surface area contributed by atoms with Crippen LogP contribution in [0.3, 0.4) is 0 Å². The Bertz CT molecular complexity index is 223. The standard InChI is InChI=1S/C8H10O4/c1-5(9)11-7-3-2-6-4-10-8(7)12-6/h2-3,6-8H,4H2,1H3/t6-,7?,8+/m0/s1. The highest BCUT2D eigenvalue weighted by Gasteiger charge is 2.35. The number of carbonyl (C=O) groups is 1. The Kier molecular flexibility index (Phi) is 1.86. The van der Waals surface area contributed by atoms with Crippen molar-refractivity contribution in [3.8, 4) is 0 Å². The highest BCUT2D eigenvalue weighted by Crippen LogP contribution is 2.23. The minimum Gasteiger partial charge on any atom is -0.453 e. The minimum absolute atomic E-state index is 0.0433. The molecule has 0 spiro atoms. The van der Waals surface area contributed by atoms with E-state index in [0.29, 0.717) is 6.61 Å². The molecule has 12 heavy (non-hydrogen) atoms. The Morgan fingerprint density at radius 1 is 1.58 bits per heavy atom. The Labute approximate surface area is 70.1 Å². The van der Waals surface area contributed by atoms with Gasteiger partial charge in [0.15, 0.2) is 12.4 Å². The normalized spacial score (nSPS) is 38.2. The van der Waals surface area contributed by atoms with Gasteiger partial charge in [-0.3, -0.25) is 4.79 Å². The van der Waals surface area contributed by atoms with Crippen LogP contribution in [-0.2, 0) is 19.0 Å². The van der Waals surface area contributed by atoms with Gasteiger partial charge >= 0.3 is 5.97 Å². The Hall–Kier alpha value is -0.870. The molecule has 4 heteroatoms. The maximum Gasteiger partial charge on any atom is 0.303 e. The summed E-state index contributed by atoms with van der Waals surface area (Å²) in [6, 6.07) is 0. The summed E-state index contributed by atoms with van der Waals surface area (Å²) >= 11 is 0. The van der Waals surface area contributed by atoms with Crippen molar-refractivity contribution < 1.29 is 19.0 Å². The van der Waals surface area contributed by atoms with Crippen molar-refractivity contribution in [1.82, 2.24) is 0 Å². The minimum atomic E-state index is -0.399. The summed E-state index contributed by atoms with van der Waals surface area (Å²) in [6.07, 6.45) is 2.94. The molecule has 0 N–H and O–H groups in total.